The molecule has 2 unspecified atom stereocenters. The molecule has 1 saturated heterocycles. The van der Waals surface area contributed by atoms with Gasteiger partial charge in [-0.1, -0.05) is 25.1 Å². The van der Waals surface area contributed by atoms with Crippen LogP contribution in [0.1, 0.15) is 36.1 Å². The minimum absolute atomic E-state index is 0.196. The molecule has 0 bridgehead atoms. The van der Waals surface area contributed by atoms with E-state index in [1.165, 1.54) is 16.7 Å². The highest BCUT2D eigenvalue weighted by Gasteiger charge is 2.30. The third-order valence-corrected chi connectivity index (χ3v) is 3.64. The molecule has 0 aromatic heterocycles. The van der Waals surface area contributed by atoms with Crippen molar-refractivity contribution in [2.45, 2.75) is 32.7 Å². The first-order valence-electron chi connectivity index (χ1n) is 6.17. The zero-order valence-corrected chi connectivity index (χ0v) is 10.4. The summed E-state index contributed by atoms with van der Waals surface area (Å²) in [5.41, 5.74) is 3.88. The van der Waals surface area contributed by atoms with Gasteiger partial charge in [-0.2, -0.15) is 0 Å². The van der Waals surface area contributed by atoms with Gasteiger partial charge in [0.25, 0.3) is 0 Å². The van der Waals surface area contributed by atoms with Gasteiger partial charge in [0.2, 0.25) is 0 Å². The highest BCUT2D eigenvalue weighted by Crippen LogP contribution is 2.28. The summed E-state index contributed by atoms with van der Waals surface area (Å²) in [4.78, 5) is 10.9. The molecule has 2 N–H and O–H groups in total. The Kier molecular flexibility index (Phi) is 3.48. The molecule has 1 aromatic rings. The summed E-state index contributed by atoms with van der Waals surface area (Å²) in [6.07, 6.45) is 1.72. The first kappa shape index (κ1) is 12.1. The number of hydrogen-bond donors (Lipinski definition) is 2. The molecule has 0 aliphatic carbocycles. The molecule has 3 heteroatoms. The van der Waals surface area contributed by atoms with Crippen molar-refractivity contribution in [2.24, 2.45) is 5.92 Å². The predicted octanol–water partition coefficient (Wildman–Crippen LogP) is 2.29. The summed E-state index contributed by atoms with van der Waals surface area (Å²) in [5, 5.41) is 12.3. The van der Waals surface area contributed by atoms with Gasteiger partial charge < -0.3 is 10.4 Å². The smallest absolute Gasteiger partial charge is 0.307 e. The standard InChI is InChI=1S/C14H19NO2/c1-3-10-6-11(5-4-9(10)2)13-7-12(8-15-13)14(16)17/h4-6,12-13,15H,3,7-8H2,1-2H3,(H,16,17). The number of carbonyl (C=O) groups is 1. The van der Waals surface area contributed by atoms with Gasteiger partial charge in [0.1, 0.15) is 0 Å². The van der Waals surface area contributed by atoms with Gasteiger partial charge >= 0.3 is 5.97 Å². The number of aryl methyl sites for hydroxylation is 2. The van der Waals surface area contributed by atoms with Crippen molar-refractivity contribution in [2.75, 3.05) is 6.54 Å². The number of rotatable bonds is 3. The summed E-state index contributed by atoms with van der Waals surface area (Å²) < 4.78 is 0. The van der Waals surface area contributed by atoms with Crippen molar-refractivity contribution in [3.8, 4) is 0 Å². The van der Waals surface area contributed by atoms with Crippen LogP contribution in [0.5, 0.6) is 0 Å². The van der Waals surface area contributed by atoms with Gasteiger partial charge in [0, 0.05) is 12.6 Å². The van der Waals surface area contributed by atoms with E-state index in [9.17, 15) is 4.79 Å². The molecule has 0 amide bonds. The normalized spacial score (nSPS) is 23.9. The molecule has 92 valence electrons. The third kappa shape index (κ3) is 2.50. The number of benzene rings is 1. The molecule has 0 spiro atoms. The van der Waals surface area contributed by atoms with Crippen LogP contribution in [0.4, 0.5) is 0 Å². The van der Waals surface area contributed by atoms with Crippen molar-refractivity contribution in [3.63, 3.8) is 0 Å². The molecule has 1 aliphatic heterocycles. The first-order chi connectivity index (χ1) is 8.11. The summed E-state index contributed by atoms with van der Waals surface area (Å²) in [6.45, 7) is 4.84. The molecule has 1 fully saturated rings. The van der Waals surface area contributed by atoms with Crippen molar-refractivity contribution < 1.29 is 9.90 Å². The summed E-state index contributed by atoms with van der Waals surface area (Å²) in [7, 11) is 0. The monoisotopic (exact) mass is 233 g/mol. The molecule has 2 atom stereocenters. The van der Waals surface area contributed by atoms with Gasteiger partial charge in [0.15, 0.2) is 0 Å². The summed E-state index contributed by atoms with van der Waals surface area (Å²) in [5.74, 6) is -0.936. The lowest BCUT2D eigenvalue weighted by molar-refractivity contribution is -0.141. The van der Waals surface area contributed by atoms with Crippen LogP contribution in [0.15, 0.2) is 18.2 Å². The second-order valence-corrected chi connectivity index (χ2v) is 4.77. The fourth-order valence-electron chi connectivity index (χ4n) is 2.47. The zero-order chi connectivity index (χ0) is 12.4. The summed E-state index contributed by atoms with van der Waals surface area (Å²) in [6, 6.07) is 6.64. The summed E-state index contributed by atoms with van der Waals surface area (Å²) >= 11 is 0. The Morgan fingerprint density at radius 1 is 1.53 bits per heavy atom. The number of aliphatic carboxylic acids is 1. The second kappa shape index (κ2) is 4.88. The SMILES string of the molecule is CCc1cc(C2CC(C(=O)O)CN2)ccc1C. The molecule has 1 aromatic carbocycles. The molecule has 0 saturated carbocycles. The predicted molar refractivity (Wildman–Crippen MR) is 67.0 cm³/mol. The highest BCUT2D eigenvalue weighted by molar-refractivity contribution is 5.70. The Morgan fingerprint density at radius 2 is 2.29 bits per heavy atom. The Labute approximate surface area is 102 Å². The topological polar surface area (TPSA) is 49.3 Å². The number of carboxylic acid groups (broad SMARTS) is 1. The zero-order valence-electron chi connectivity index (χ0n) is 10.4. The minimum Gasteiger partial charge on any atom is -0.481 e. The first-order valence-corrected chi connectivity index (χ1v) is 6.17. The van der Waals surface area contributed by atoms with E-state index >= 15 is 0 Å². The Balaban J connectivity index is 2.16. The van der Waals surface area contributed by atoms with Crippen molar-refractivity contribution in [1.29, 1.82) is 0 Å². The fourth-order valence-corrected chi connectivity index (χ4v) is 2.47. The Bertz CT molecular complexity index is 428. The molecule has 1 heterocycles. The van der Waals surface area contributed by atoms with Gasteiger partial charge in [-0.05, 0) is 36.5 Å². The highest BCUT2D eigenvalue weighted by atomic mass is 16.4. The molecular formula is C14H19NO2. The van der Waals surface area contributed by atoms with Gasteiger partial charge in [-0.25, -0.2) is 0 Å². The molecule has 3 nitrogen and oxygen atoms in total. The lowest BCUT2D eigenvalue weighted by atomic mass is 9.96. The second-order valence-electron chi connectivity index (χ2n) is 4.77. The van der Waals surface area contributed by atoms with Crippen molar-refractivity contribution in [3.05, 3.63) is 34.9 Å². The molecule has 1 aliphatic rings. The quantitative estimate of drug-likeness (QED) is 0.842. The molecule has 2 rings (SSSR count). The number of carboxylic acids is 1. The van der Waals surface area contributed by atoms with Crippen molar-refractivity contribution in [1.82, 2.24) is 5.32 Å². The van der Waals surface area contributed by atoms with E-state index in [0.717, 1.165) is 6.42 Å². The average molecular weight is 233 g/mol. The number of hydrogen-bond acceptors (Lipinski definition) is 2. The third-order valence-electron chi connectivity index (χ3n) is 3.64. The average Bonchev–Trinajstić information content (AvgIpc) is 2.79. The van der Waals surface area contributed by atoms with Gasteiger partial charge in [-0.3, -0.25) is 4.79 Å². The van der Waals surface area contributed by atoms with E-state index < -0.39 is 5.97 Å². The van der Waals surface area contributed by atoms with Crippen LogP contribution in [-0.2, 0) is 11.2 Å². The maximum Gasteiger partial charge on any atom is 0.307 e. The van der Waals surface area contributed by atoms with E-state index in [1.54, 1.807) is 0 Å². The van der Waals surface area contributed by atoms with E-state index in [2.05, 4.69) is 37.4 Å². The molecule has 17 heavy (non-hydrogen) atoms. The van der Waals surface area contributed by atoms with E-state index in [4.69, 9.17) is 5.11 Å². The minimum atomic E-state index is -0.692. The van der Waals surface area contributed by atoms with Gasteiger partial charge in [0.05, 0.1) is 5.92 Å². The van der Waals surface area contributed by atoms with Crippen LogP contribution in [0.3, 0.4) is 0 Å². The Morgan fingerprint density at radius 3 is 2.88 bits per heavy atom. The number of nitrogens with one attached hydrogen (secondary N) is 1. The van der Waals surface area contributed by atoms with E-state index in [1.807, 2.05) is 0 Å². The largest absolute Gasteiger partial charge is 0.481 e. The lowest BCUT2D eigenvalue weighted by Crippen LogP contribution is -2.17. The Hall–Kier alpha value is -1.35. The van der Waals surface area contributed by atoms with Crippen LogP contribution in [-0.4, -0.2) is 17.6 Å². The molecule has 0 radical (unpaired) electrons. The maximum atomic E-state index is 10.9. The van der Waals surface area contributed by atoms with Crippen LogP contribution < -0.4 is 5.32 Å². The van der Waals surface area contributed by atoms with Gasteiger partial charge in [-0.15, -0.1) is 0 Å². The van der Waals surface area contributed by atoms with Crippen molar-refractivity contribution >= 4 is 5.97 Å². The maximum absolute atomic E-state index is 10.9. The lowest BCUT2D eigenvalue weighted by Gasteiger charge is -2.13. The molecular weight excluding hydrogens is 214 g/mol. The van der Waals surface area contributed by atoms with Crippen LogP contribution >= 0.6 is 0 Å². The van der Waals surface area contributed by atoms with Crippen LogP contribution in [0, 0.1) is 12.8 Å². The van der Waals surface area contributed by atoms with Crippen LogP contribution in [0.2, 0.25) is 0 Å². The van der Waals surface area contributed by atoms with E-state index in [-0.39, 0.29) is 12.0 Å². The van der Waals surface area contributed by atoms with Crippen LogP contribution in [0.25, 0.3) is 0 Å². The fraction of sp³-hybridized carbons (Fsp3) is 0.500. The van der Waals surface area contributed by atoms with E-state index in [0.29, 0.717) is 13.0 Å².